The van der Waals surface area contributed by atoms with Gasteiger partial charge in [-0.3, -0.25) is 4.79 Å². The highest BCUT2D eigenvalue weighted by Crippen LogP contribution is 2.51. The highest BCUT2D eigenvalue weighted by Gasteiger charge is 2.68. The molecule has 1 atom stereocenters. The van der Waals surface area contributed by atoms with E-state index in [0.29, 0.717) is 5.56 Å². The van der Waals surface area contributed by atoms with Crippen LogP contribution in [0.25, 0.3) is 0 Å². The van der Waals surface area contributed by atoms with Gasteiger partial charge in [0.2, 0.25) is 0 Å². The fourth-order valence-electron chi connectivity index (χ4n) is 2.74. The molecule has 1 unspecified atom stereocenters. The van der Waals surface area contributed by atoms with Crippen LogP contribution < -0.4 is 9.47 Å². The average Bonchev–Trinajstić information content (AvgIpc) is 3.00. The Morgan fingerprint density at radius 2 is 1.55 bits per heavy atom. The quantitative estimate of drug-likeness (QED) is 0.399. The van der Waals surface area contributed by atoms with Crippen molar-refractivity contribution >= 4 is 72.8 Å². The first kappa shape index (κ1) is 21.9. The highest BCUT2D eigenvalue weighted by molar-refractivity contribution is 9.26. The Bertz CT molecular complexity index is 1050. The molecular formula is C18H10Br2Cl2O7. The van der Waals surface area contributed by atoms with E-state index in [9.17, 15) is 24.6 Å². The van der Waals surface area contributed by atoms with Crippen molar-refractivity contribution in [1.29, 1.82) is 0 Å². The van der Waals surface area contributed by atoms with Gasteiger partial charge in [0, 0.05) is 5.56 Å². The molecule has 3 rings (SSSR count). The van der Waals surface area contributed by atoms with Gasteiger partial charge in [0.15, 0.2) is 17.3 Å². The maximum atomic E-state index is 13.0. The van der Waals surface area contributed by atoms with E-state index in [1.807, 2.05) is 0 Å². The molecule has 1 aliphatic rings. The molecular weight excluding hydrogens is 559 g/mol. The van der Waals surface area contributed by atoms with Gasteiger partial charge in [0.05, 0.1) is 15.6 Å². The Kier molecular flexibility index (Phi) is 5.63. The number of aliphatic carboxylic acids is 2. The van der Waals surface area contributed by atoms with E-state index < -0.39 is 26.7 Å². The van der Waals surface area contributed by atoms with E-state index in [2.05, 4.69) is 31.9 Å². The monoisotopic (exact) mass is 566 g/mol. The minimum absolute atomic E-state index is 0.0452. The molecule has 1 heterocycles. The molecule has 0 bridgehead atoms. The number of alkyl halides is 2. The maximum Gasteiger partial charge on any atom is 0.393 e. The summed E-state index contributed by atoms with van der Waals surface area (Å²) < 4.78 is 8.48. The van der Waals surface area contributed by atoms with Crippen molar-refractivity contribution in [2.75, 3.05) is 0 Å². The van der Waals surface area contributed by atoms with Gasteiger partial charge in [-0.2, -0.15) is 0 Å². The van der Waals surface area contributed by atoms with Crippen molar-refractivity contribution in [1.82, 2.24) is 0 Å². The van der Waals surface area contributed by atoms with Gasteiger partial charge in [-0.1, -0.05) is 61.1 Å². The van der Waals surface area contributed by atoms with Crippen molar-refractivity contribution in [3.8, 4) is 11.5 Å². The molecule has 0 fully saturated rings. The lowest BCUT2D eigenvalue weighted by Gasteiger charge is -2.31. The third kappa shape index (κ3) is 3.39. The molecule has 0 aliphatic carbocycles. The highest BCUT2D eigenvalue weighted by atomic mass is 79.9. The van der Waals surface area contributed by atoms with E-state index in [-0.39, 0.29) is 32.7 Å². The number of aryl methyl sites for hydroxylation is 1. The fourth-order valence-corrected chi connectivity index (χ4v) is 3.97. The number of ether oxygens (including phenoxy) is 2. The van der Waals surface area contributed by atoms with Crippen LogP contribution in [-0.2, 0) is 9.59 Å². The predicted octanol–water partition coefficient (Wildman–Crippen LogP) is 4.66. The molecule has 0 saturated carbocycles. The topological polar surface area (TPSA) is 110 Å². The normalized spacial score (nSPS) is 17.8. The summed E-state index contributed by atoms with van der Waals surface area (Å²) in [5.74, 6) is -6.66. The van der Waals surface area contributed by atoms with Crippen molar-refractivity contribution in [2.24, 2.45) is 0 Å². The van der Waals surface area contributed by atoms with E-state index in [1.165, 1.54) is 24.3 Å². The molecule has 2 aromatic carbocycles. The summed E-state index contributed by atoms with van der Waals surface area (Å²) in [5, 5.41) is 19.3. The number of hydrogen-bond donors (Lipinski definition) is 2. The zero-order valence-electron chi connectivity index (χ0n) is 14.3. The third-order valence-corrected chi connectivity index (χ3v) is 6.55. The van der Waals surface area contributed by atoms with Gasteiger partial charge in [0.1, 0.15) is 0 Å². The van der Waals surface area contributed by atoms with Crippen LogP contribution >= 0.6 is 55.1 Å². The average molecular weight is 569 g/mol. The van der Waals surface area contributed by atoms with Crippen LogP contribution in [0.3, 0.4) is 0 Å². The Labute approximate surface area is 190 Å². The molecule has 0 aromatic heterocycles. The van der Waals surface area contributed by atoms with Gasteiger partial charge in [-0.25, -0.2) is 9.59 Å². The third-order valence-electron chi connectivity index (χ3n) is 4.20. The SMILES string of the molecule is Cc1cc2c(cc1C(=O)c1c(Cl)cccc1Cl)OC(C(=O)O)(C(Br)(Br)C(=O)O)O2. The summed E-state index contributed by atoms with van der Waals surface area (Å²) in [5.41, 5.74) is 0.622. The van der Waals surface area contributed by atoms with E-state index in [1.54, 1.807) is 13.0 Å². The first-order valence-electron chi connectivity index (χ1n) is 7.78. The number of benzene rings is 2. The zero-order chi connectivity index (χ0) is 21.7. The number of ketones is 1. The number of halogens is 4. The van der Waals surface area contributed by atoms with E-state index in [0.717, 1.165) is 0 Å². The van der Waals surface area contributed by atoms with E-state index >= 15 is 0 Å². The van der Waals surface area contributed by atoms with E-state index in [4.69, 9.17) is 32.7 Å². The zero-order valence-corrected chi connectivity index (χ0v) is 19.0. The number of rotatable bonds is 5. The minimum Gasteiger partial charge on any atom is -0.479 e. The Hall–Kier alpha value is -1.81. The van der Waals surface area contributed by atoms with Crippen LogP contribution in [0.1, 0.15) is 21.5 Å². The lowest BCUT2D eigenvalue weighted by atomic mass is 9.98. The van der Waals surface area contributed by atoms with Crippen LogP contribution in [0.4, 0.5) is 0 Å². The molecule has 29 heavy (non-hydrogen) atoms. The molecule has 7 nitrogen and oxygen atoms in total. The van der Waals surface area contributed by atoms with Gasteiger partial charge in [0.25, 0.3) is 3.23 Å². The van der Waals surface area contributed by atoms with Crippen molar-refractivity contribution in [3.05, 3.63) is 57.1 Å². The van der Waals surface area contributed by atoms with Crippen LogP contribution in [-0.4, -0.2) is 37.0 Å². The number of hydrogen-bond acceptors (Lipinski definition) is 5. The minimum atomic E-state index is -2.67. The number of carboxylic acid groups (broad SMARTS) is 2. The van der Waals surface area contributed by atoms with Crippen LogP contribution in [0.2, 0.25) is 10.0 Å². The second kappa shape index (κ2) is 7.46. The maximum absolute atomic E-state index is 13.0. The summed E-state index contributed by atoms with van der Waals surface area (Å²) in [6.45, 7) is 1.59. The van der Waals surface area contributed by atoms with Crippen LogP contribution in [0, 0.1) is 6.92 Å². The largest absolute Gasteiger partial charge is 0.479 e. The second-order valence-electron chi connectivity index (χ2n) is 6.05. The molecule has 2 aromatic rings. The summed E-state index contributed by atoms with van der Waals surface area (Å²) in [6, 6.07) is 7.24. The Morgan fingerprint density at radius 3 is 2.03 bits per heavy atom. The predicted molar refractivity (Wildman–Crippen MR) is 111 cm³/mol. The van der Waals surface area contributed by atoms with Crippen LogP contribution in [0.15, 0.2) is 30.3 Å². The summed E-state index contributed by atoms with van der Waals surface area (Å²) in [6.07, 6.45) is 0. The lowest BCUT2D eigenvalue weighted by Crippen LogP contribution is -2.62. The number of carbonyl (C=O) groups excluding carboxylic acids is 1. The fraction of sp³-hybridized carbons (Fsp3) is 0.167. The summed E-state index contributed by atoms with van der Waals surface area (Å²) >= 11 is 17.8. The first-order chi connectivity index (χ1) is 13.4. The first-order valence-corrected chi connectivity index (χ1v) is 10.1. The van der Waals surface area contributed by atoms with Gasteiger partial charge < -0.3 is 19.7 Å². The number of carbonyl (C=O) groups is 3. The van der Waals surface area contributed by atoms with Crippen molar-refractivity contribution in [3.63, 3.8) is 0 Å². The lowest BCUT2D eigenvalue weighted by molar-refractivity contribution is -0.183. The molecule has 0 radical (unpaired) electrons. The summed E-state index contributed by atoms with van der Waals surface area (Å²) in [4.78, 5) is 36.5. The Balaban J connectivity index is 2.11. The van der Waals surface area contributed by atoms with Gasteiger partial charge in [-0.05, 0) is 36.8 Å². The van der Waals surface area contributed by atoms with Gasteiger partial charge >= 0.3 is 17.7 Å². The molecule has 152 valence electrons. The van der Waals surface area contributed by atoms with Crippen LogP contribution in [0.5, 0.6) is 11.5 Å². The standard InChI is InChI=1S/C18H10Br2Cl2O7/c1-7-5-11-12(29-18(28-11,16(26)27)17(19,20)15(24)25)6-8(7)14(23)13-9(21)3-2-4-10(13)22/h2-6H,1H3,(H,24,25)(H,26,27). The number of fused-ring (bicyclic) bond motifs is 1. The van der Waals surface area contributed by atoms with Gasteiger partial charge in [-0.15, -0.1) is 0 Å². The molecule has 1 aliphatic heterocycles. The molecule has 0 amide bonds. The Morgan fingerprint density at radius 1 is 1.03 bits per heavy atom. The van der Waals surface area contributed by atoms with Crippen molar-refractivity contribution in [2.45, 2.75) is 15.9 Å². The smallest absolute Gasteiger partial charge is 0.393 e. The molecule has 2 N–H and O–H groups in total. The molecule has 11 heteroatoms. The summed E-state index contributed by atoms with van der Waals surface area (Å²) in [7, 11) is 0. The van der Waals surface area contributed by atoms with Crippen molar-refractivity contribution < 1.29 is 34.1 Å². The molecule has 0 saturated heterocycles. The second-order valence-corrected chi connectivity index (χ2v) is 10.3. The molecule has 0 spiro atoms. The number of carboxylic acids is 2.